The average molecular weight is 345 g/mol. The molecule has 2 N–H and O–H groups in total. The van der Waals surface area contributed by atoms with Crippen molar-refractivity contribution in [2.75, 3.05) is 26.2 Å². The maximum absolute atomic E-state index is 13.2. The Kier molecular flexibility index (Phi) is 4.99. The van der Waals surface area contributed by atoms with Crippen LogP contribution in [0.3, 0.4) is 0 Å². The molecule has 2 atom stereocenters. The Bertz CT molecular complexity index is 478. The number of hydrogen-bond donors (Lipinski definition) is 1. The molecule has 4 nitrogen and oxygen atoms in total. The first-order valence-electron chi connectivity index (χ1n) is 6.56. The number of amides is 1. The van der Waals surface area contributed by atoms with E-state index >= 15 is 0 Å². The van der Waals surface area contributed by atoms with E-state index in [1.165, 1.54) is 12.1 Å². The third kappa shape index (κ3) is 3.93. The Hall–Kier alpha value is -1.14. The minimum atomic E-state index is -0.335. The Morgan fingerprint density at radius 1 is 1.50 bits per heavy atom. The van der Waals surface area contributed by atoms with Crippen molar-refractivity contribution in [1.82, 2.24) is 4.90 Å². The summed E-state index contributed by atoms with van der Waals surface area (Å²) in [4.78, 5) is 13.4. The molecule has 0 unspecified atom stereocenters. The van der Waals surface area contributed by atoms with Gasteiger partial charge in [0.1, 0.15) is 18.2 Å². The minimum absolute atomic E-state index is 0.0849. The summed E-state index contributed by atoms with van der Waals surface area (Å²) >= 11 is 3.22. The summed E-state index contributed by atoms with van der Waals surface area (Å²) in [6.07, 6.45) is 0. The monoisotopic (exact) mass is 344 g/mol. The van der Waals surface area contributed by atoms with Gasteiger partial charge >= 0.3 is 0 Å². The van der Waals surface area contributed by atoms with E-state index < -0.39 is 0 Å². The SMILES string of the molecule is C[C@@H]1CN(CCOc2cc(F)cc(Br)c2)C[C@H]1C(N)=O. The predicted molar refractivity (Wildman–Crippen MR) is 77.9 cm³/mol. The van der Waals surface area contributed by atoms with Crippen molar-refractivity contribution in [2.24, 2.45) is 17.6 Å². The van der Waals surface area contributed by atoms with E-state index in [0.717, 1.165) is 6.54 Å². The lowest BCUT2D eigenvalue weighted by atomic mass is 9.98. The molecule has 0 aliphatic carbocycles. The van der Waals surface area contributed by atoms with Crippen LogP contribution in [-0.4, -0.2) is 37.0 Å². The fraction of sp³-hybridized carbons (Fsp3) is 0.500. The fourth-order valence-electron chi connectivity index (χ4n) is 2.52. The van der Waals surface area contributed by atoms with Crippen molar-refractivity contribution in [1.29, 1.82) is 0 Å². The van der Waals surface area contributed by atoms with Crippen LogP contribution in [0.4, 0.5) is 4.39 Å². The number of nitrogens with zero attached hydrogens (tertiary/aromatic N) is 1. The lowest BCUT2D eigenvalue weighted by Crippen LogP contribution is -2.30. The number of ether oxygens (including phenoxy) is 1. The van der Waals surface area contributed by atoms with Crippen molar-refractivity contribution in [2.45, 2.75) is 6.92 Å². The van der Waals surface area contributed by atoms with E-state index in [2.05, 4.69) is 20.8 Å². The number of carbonyl (C=O) groups is 1. The number of benzene rings is 1. The van der Waals surface area contributed by atoms with Gasteiger partial charge in [0.05, 0.1) is 5.92 Å². The molecule has 110 valence electrons. The second-order valence-electron chi connectivity index (χ2n) is 5.20. The van der Waals surface area contributed by atoms with Crippen LogP contribution in [0, 0.1) is 17.7 Å². The summed E-state index contributed by atoms with van der Waals surface area (Å²) < 4.78 is 19.4. The van der Waals surface area contributed by atoms with Crippen molar-refractivity contribution in [3.05, 3.63) is 28.5 Å². The Morgan fingerprint density at radius 3 is 2.85 bits per heavy atom. The first kappa shape index (κ1) is 15.3. The van der Waals surface area contributed by atoms with Gasteiger partial charge in [-0.2, -0.15) is 0 Å². The number of likely N-dealkylation sites (tertiary alicyclic amines) is 1. The van der Waals surface area contributed by atoms with E-state index in [-0.39, 0.29) is 23.6 Å². The third-order valence-corrected chi connectivity index (χ3v) is 4.02. The zero-order valence-corrected chi connectivity index (χ0v) is 12.9. The minimum Gasteiger partial charge on any atom is -0.492 e. The largest absolute Gasteiger partial charge is 0.492 e. The summed E-state index contributed by atoms with van der Waals surface area (Å²) in [5, 5.41) is 0. The molecule has 0 aromatic heterocycles. The van der Waals surface area contributed by atoms with Gasteiger partial charge in [-0.15, -0.1) is 0 Å². The molecule has 1 amide bonds. The molecule has 2 rings (SSSR count). The fourth-order valence-corrected chi connectivity index (χ4v) is 2.97. The van der Waals surface area contributed by atoms with E-state index in [1.807, 2.05) is 6.92 Å². The highest BCUT2D eigenvalue weighted by Crippen LogP contribution is 2.23. The van der Waals surface area contributed by atoms with Gasteiger partial charge in [-0.3, -0.25) is 9.69 Å². The molecule has 6 heteroatoms. The number of rotatable bonds is 5. The van der Waals surface area contributed by atoms with Gasteiger partial charge < -0.3 is 10.5 Å². The summed E-state index contributed by atoms with van der Waals surface area (Å²) in [6, 6.07) is 4.46. The highest BCUT2D eigenvalue weighted by molar-refractivity contribution is 9.10. The van der Waals surface area contributed by atoms with Crippen LogP contribution in [0.1, 0.15) is 6.92 Å². The van der Waals surface area contributed by atoms with Gasteiger partial charge in [0.25, 0.3) is 0 Å². The van der Waals surface area contributed by atoms with Crippen LogP contribution >= 0.6 is 15.9 Å². The van der Waals surface area contributed by atoms with Crippen molar-refractivity contribution >= 4 is 21.8 Å². The maximum atomic E-state index is 13.2. The summed E-state index contributed by atoms with van der Waals surface area (Å²) in [5.74, 6) is 0.109. The van der Waals surface area contributed by atoms with Crippen LogP contribution in [0.2, 0.25) is 0 Å². The highest BCUT2D eigenvalue weighted by Gasteiger charge is 2.32. The second-order valence-corrected chi connectivity index (χ2v) is 6.12. The summed E-state index contributed by atoms with van der Waals surface area (Å²) in [5.41, 5.74) is 5.36. The molecule has 1 aliphatic heterocycles. The van der Waals surface area contributed by atoms with Gasteiger partial charge in [-0.05, 0) is 18.1 Å². The van der Waals surface area contributed by atoms with Gasteiger partial charge in [-0.25, -0.2) is 4.39 Å². The number of carbonyl (C=O) groups excluding carboxylic acids is 1. The van der Waals surface area contributed by atoms with E-state index in [9.17, 15) is 9.18 Å². The van der Waals surface area contributed by atoms with Crippen molar-refractivity contribution < 1.29 is 13.9 Å². The van der Waals surface area contributed by atoms with E-state index in [0.29, 0.717) is 29.9 Å². The number of primary amides is 1. The molecule has 0 saturated carbocycles. The van der Waals surface area contributed by atoms with Gasteiger partial charge in [-0.1, -0.05) is 22.9 Å². The lowest BCUT2D eigenvalue weighted by molar-refractivity contribution is -0.122. The summed E-state index contributed by atoms with van der Waals surface area (Å²) in [6.45, 7) is 4.69. The lowest BCUT2D eigenvalue weighted by Gasteiger charge is -2.15. The quantitative estimate of drug-likeness (QED) is 0.888. The van der Waals surface area contributed by atoms with Crippen molar-refractivity contribution in [3.63, 3.8) is 0 Å². The number of nitrogens with two attached hydrogens (primary N) is 1. The van der Waals surface area contributed by atoms with E-state index in [4.69, 9.17) is 10.5 Å². The molecular weight excluding hydrogens is 327 g/mol. The maximum Gasteiger partial charge on any atom is 0.222 e. The molecule has 1 heterocycles. The Labute approximate surface area is 126 Å². The Balaban J connectivity index is 1.80. The average Bonchev–Trinajstić information content (AvgIpc) is 2.69. The van der Waals surface area contributed by atoms with Crippen LogP contribution < -0.4 is 10.5 Å². The first-order chi connectivity index (χ1) is 9.45. The number of hydrogen-bond acceptors (Lipinski definition) is 3. The second kappa shape index (κ2) is 6.54. The van der Waals surface area contributed by atoms with Crippen molar-refractivity contribution in [3.8, 4) is 5.75 Å². The smallest absolute Gasteiger partial charge is 0.222 e. The standard InChI is InChI=1S/C14H18BrFN2O2/c1-9-7-18(8-13(9)14(17)19)2-3-20-12-5-10(15)4-11(16)6-12/h4-6,9,13H,2-3,7-8H2,1H3,(H2,17,19)/t9-,13-/m1/s1. The molecule has 1 fully saturated rings. The first-order valence-corrected chi connectivity index (χ1v) is 7.35. The van der Waals surface area contributed by atoms with E-state index in [1.54, 1.807) is 6.07 Å². The topological polar surface area (TPSA) is 55.6 Å². The predicted octanol–water partition coefficient (Wildman–Crippen LogP) is 2.02. The van der Waals surface area contributed by atoms with Crippen LogP contribution in [-0.2, 0) is 4.79 Å². The summed E-state index contributed by atoms with van der Waals surface area (Å²) in [7, 11) is 0. The third-order valence-electron chi connectivity index (χ3n) is 3.57. The normalized spacial score (nSPS) is 22.9. The molecule has 0 bridgehead atoms. The van der Waals surface area contributed by atoms with Gasteiger partial charge in [0.2, 0.25) is 5.91 Å². The van der Waals surface area contributed by atoms with Gasteiger partial charge in [0.15, 0.2) is 0 Å². The Morgan fingerprint density at radius 2 is 2.25 bits per heavy atom. The molecule has 0 radical (unpaired) electrons. The molecule has 1 aliphatic rings. The molecule has 0 spiro atoms. The van der Waals surface area contributed by atoms with Crippen LogP contribution in [0.5, 0.6) is 5.75 Å². The zero-order valence-electron chi connectivity index (χ0n) is 11.3. The molecule has 1 aromatic rings. The molecular formula is C14H18BrFN2O2. The van der Waals surface area contributed by atoms with Gasteiger partial charge in [0, 0.05) is 30.2 Å². The molecule has 1 saturated heterocycles. The molecule has 20 heavy (non-hydrogen) atoms. The van der Waals surface area contributed by atoms with Crippen LogP contribution in [0.15, 0.2) is 22.7 Å². The zero-order chi connectivity index (χ0) is 14.7. The molecule has 1 aromatic carbocycles. The number of halogens is 2. The highest BCUT2D eigenvalue weighted by atomic mass is 79.9. The van der Waals surface area contributed by atoms with Crippen LogP contribution in [0.25, 0.3) is 0 Å².